The zero-order chi connectivity index (χ0) is 9.83. The molecule has 0 aromatic heterocycles. The number of aliphatic hydroxyl groups excluding tert-OH is 1. The summed E-state index contributed by atoms with van der Waals surface area (Å²) < 4.78 is 29.6. The van der Waals surface area contributed by atoms with Crippen molar-refractivity contribution in [3.8, 4) is 0 Å². The van der Waals surface area contributed by atoms with E-state index in [1.54, 1.807) is 6.92 Å². The average Bonchev–Trinajstić information content (AvgIpc) is 2.00. The maximum Gasteiger partial charge on any atom is 0.0431 e. The van der Waals surface area contributed by atoms with Crippen LogP contribution >= 0.6 is 0 Å². The molecule has 0 amide bonds. The smallest absolute Gasteiger partial charge is 0.0431 e. The molecule has 0 radical (unpaired) electrons. The largest absolute Gasteiger partial charge is 0.396 e. The van der Waals surface area contributed by atoms with E-state index < -0.39 is 12.7 Å². The third-order valence-electron chi connectivity index (χ3n) is 0.762. The third-order valence-corrected chi connectivity index (χ3v) is 0.762. The minimum absolute atomic E-state index is 0.0737. The van der Waals surface area contributed by atoms with Gasteiger partial charge in [0.25, 0.3) is 0 Å². The molecule has 0 heterocycles. The van der Waals surface area contributed by atoms with Crippen LogP contribution in [0.3, 0.4) is 0 Å². The normalized spacial score (nSPS) is 20.8. The molecule has 0 bridgehead atoms. The van der Waals surface area contributed by atoms with Gasteiger partial charge in [0.1, 0.15) is 0 Å². The van der Waals surface area contributed by atoms with Gasteiger partial charge in [-0.25, -0.2) is 0 Å². The molecule has 0 unspecified atom stereocenters. The first-order chi connectivity index (χ1) is 5.37. The Bertz CT molecular complexity index is 135. The maximum atomic E-state index is 8.48. The Labute approximate surface area is 57.3 Å². The van der Waals surface area contributed by atoms with Crippen LogP contribution in [0.15, 0.2) is 0 Å². The van der Waals surface area contributed by atoms with Crippen molar-refractivity contribution in [2.45, 2.75) is 38.9 Å². The van der Waals surface area contributed by atoms with Gasteiger partial charge >= 0.3 is 0 Å². The predicted molar refractivity (Wildman–Crippen MR) is 35.8 cm³/mol. The van der Waals surface area contributed by atoms with Crippen LogP contribution in [0.25, 0.3) is 0 Å². The first kappa shape index (κ1) is 3.21. The zero-order valence-electron chi connectivity index (χ0n) is 9.28. The molecule has 0 rings (SSSR count). The summed E-state index contributed by atoms with van der Waals surface area (Å²) in [6.07, 6.45) is -3.07. The van der Waals surface area contributed by atoms with Gasteiger partial charge < -0.3 is 5.11 Å². The molecule has 0 atom stereocenters. The fourth-order valence-corrected chi connectivity index (χ4v) is 0.381. The summed E-state index contributed by atoms with van der Waals surface area (Å²) in [4.78, 5) is 0. The molecular formula is C7H16O. The van der Waals surface area contributed by atoms with Crippen LogP contribution < -0.4 is 0 Å². The topological polar surface area (TPSA) is 20.2 Å². The van der Waals surface area contributed by atoms with Gasteiger partial charge in [0, 0.05) is 12.1 Å². The van der Waals surface area contributed by atoms with Gasteiger partial charge in [-0.05, 0) is 6.42 Å². The van der Waals surface area contributed by atoms with E-state index in [9.17, 15) is 0 Å². The fourth-order valence-electron chi connectivity index (χ4n) is 0.381. The van der Waals surface area contributed by atoms with Crippen molar-refractivity contribution in [3.05, 3.63) is 0 Å². The Morgan fingerprint density at radius 2 is 2.12 bits per heavy atom. The van der Waals surface area contributed by atoms with E-state index in [-0.39, 0.29) is 19.4 Å². The van der Waals surface area contributed by atoms with E-state index in [2.05, 4.69) is 0 Å². The quantitative estimate of drug-likeness (QED) is 0.588. The number of rotatable bonds is 5. The highest BCUT2D eigenvalue weighted by atomic mass is 16.2. The fraction of sp³-hybridized carbons (Fsp3) is 1.00. The van der Waals surface area contributed by atoms with Crippen molar-refractivity contribution < 1.29 is 10.6 Å². The highest BCUT2D eigenvalue weighted by molar-refractivity contribution is 4.39. The SMILES string of the molecule is [2H]C([2H])(CC)C([2H])([2H])CCCO. The summed E-state index contributed by atoms with van der Waals surface area (Å²) in [5.41, 5.74) is 0. The molecule has 1 N–H and O–H groups in total. The van der Waals surface area contributed by atoms with Crippen molar-refractivity contribution in [1.82, 2.24) is 0 Å². The minimum atomic E-state index is -1.83. The van der Waals surface area contributed by atoms with E-state index in [0.29, 0.717) is 6.42 Å². The molecule has 8 heavy (non-hydrogen) atoms. The summed E-state index contributed by atoms with van der Waals surface area (Å²) in [5, 5.41) is 8.48. The van der Waals surface area contributed by atoms with Crippen LogP contribution in [-0.2, 0) is 0 Å². The van der Waals surface area contributed by atoms with E-state index in [1.807, 2.05) is 0 Å². The van der Waals surface area contributed by atoms with Gasteiger partial charge in [0.15, 0.2) is 0 Å². The summed E-state index contributed by atoms with van der Waals surface area (Å²) >= 11 is 0. The average molecular weight is 120 g/mol. The van der Waals surface area contributed by atoms with Crippen molar-refractivity contribution in [2.75, 3.05) is 6.61 Å². The number of aliphatic hydroxyl groups is 1. The Kier molecular flexibility index (Phi) is 2.79. The van der Waals surface area contributed by atoms with Gasteiger partial charge in [-0.2, -0.15) is 0 Å². The van der Waals surface area contributed by atoms with Gasteiger partial charge in [-0.1, -0.05) is 32.5 Å². The standard InChI is InChI=1S/C7H16O/c1-2-3-4-5-6-7-8/h8H,2-7H2,1H3/i3D2,4D2. The van der Waals surface area contributed by atoms with Crippen LogP contribution in [0.4, 0.5) is 0 Å². The molecule has 50 valence electrons. The second kappa shape index (κ2) is 6.96. The number of hydrogen-bond acceptors (Lipinski definition) is 1. The lowest BCUT2D eigenvalue weighted by Crippen LogP contribution is -1.81. The van der Waals surface area contributed by atoms with Crippen LogP contribution in [0.1, 0.15) is 44.4 Å². The summed E-state index contributed by atoms with van der Waals surface area (Å²) in [6, 6.07) is 0. The summed E-state index contributed by atoms with van der Waals surface area (Å²) in [6.45, 7) is 1.54. The molecule has 1 heteroatoms. The molecule has 0 aromatic carbocycles. The van der Waals surface area contributed by atoms with Crippen molar-refractivity contribution in [2.24, 2.45) is 0 Å². The lowest BCUT2D eigenvalue weighted by Gasteiger charge is -1.93. The van der Waals surface area contributed by atoms with Crippen molar-refractivity contribution in [1.29, 1.82) is 0 Å². The monoisotopic (exact) mass is 120 g/mol. The van der Waals surface area contributed by atoms with E-state index in [4.69, 9.17) is 10.6 Å². The van der Waals surface area contributed by atoms with E-state index in [1.165, 1.54) is 0 Å². The van der Waals surface area contributed by atoms with Crippen LogP contribution in [0, 0.1) is 0 Å². The Balaban J connectivity index is 4.17. The molecule has 0 aliphatic carbocycles. The predicted octanol–water partition coefficient (Wildman–Crippen LogP) is 1.95. The van der Waals surface area contributed by atoms with Gasteiger partial charge in [0.2, 0.25) is 0 Å². The van der Waals surface area contributed by atoms with E-state index in [0.717, 1.165) is 0 Å². The zero-order valence-corrected chi connectivity index (χ0v) is 5.28. The molecule has 0 fully saturated rings. The maximum absolute atomic E-state index is 8.48. The highest BCUT2D eigenvalue weighted by Gasteiger charge is 1.84. The first-order valence-electron chi connectivity index (χ1n) is 4.98. The molecule has 0 aliphatic heterocycles. The molecule has 0 aliphatic rings. The lowest BCUT2D eigenvalue weighted by atomic mass is 10.2. The van der Waals surface area contributed by atoms with Crippen LogP contribution in [0.2, 0.25) is 0 Å². The minimum Gasteiger partial charge on any atom is -0.396 e. The third kappa shape index (κ3) is 5.96. The molecule has 1 nitrogen and oxygen atoms in total. The second-order valence-electron chi connectivity index (χ2n) is 1.53. The first-order valence-corrected chi connectivity index (χ1v) is 2.98. The van der Waals surface area contributed by atoms with Crippen molar-refractivity contribution in [3.63, 3.8) is 0 Å². The second-order valence-corrected chi connectivity index (χ2v) is 1.53. The molecule has 0 spiro atoms. The summed E-state index contributed by atoms with van der Waals surface area (Å²) in [5.74, 6) is 0. The van der Waals surface area contributed by atoms with Gasteiger partial charge in [0.05, 0.1) is 0 Å². The van der Waals surface area contributed by atoms with Crippen LogP contribution in [-0.4, -0.2) is 11.7 Å². The molecule has 0 aromatic rings. The number of hydrogen-bond donors (Lipinski definition) is 1. The van der Waals surface area contributed by atoms with Crippen LogP contribution in [0.5, 0.6) is 0 Å². The molecule has 0 saturated heterocycles. The highest BCUT2D eigenvalue weighted by Crippen LogP contribution is 2.00. The Morgan fingerprint density at radius 3 is 2.62 bits per heavy atom. The van der Waals surface area contributed by atoms with Gasteiger partial charge in [-0.15, -0.1) is 0 Å². The van der Waals surface area contributed by atoms with Gasteiger partial charge in [-0.3, -0.25) is 0 Å². The summed E-state index contributed by atoms with van der Waals surface area (Å²) in [7, 11) is 0. The lowest BCUT2D eigenvalue weighted by molar-refractivity contribution is 0.282. The van der Waals surface area contributed by atoms with E-state index >= 15 is 0 Å². The Morgan fingerprint density at radius 1 is 1.38 bits per heavy atom. The molecular weight excluding hydrogens is 100 g/mol. The molecule has 0 saturated carbocycles. The van der Waals surface area contributed by atoms with Crippen molar-refractivity contribution >= 4 is 0 Å². The Hall–Kier alpha value is -0.0400.